The number of hydrogen-bond acceptors (Lipinski definition) is 3. The number of sulfonamides is 1. The summed E-state index contributed by atoms with van der Waals surface area (Å²) in [6.07, 6.45) is 1.28. The predicted molar refractivity (Wildman–Crippen MR) is 75.8 cm³/mol. The third kappa shape index (κ3) is 7.73. The lowest BCUT2D eigenvalue weighted by molar-refractivity contribution is 0.154. The maximum atomic E-state index is 11.2. The van der Waals surface area contributed by atoms with Gasteiger partial charge in [-0.2, -0.15) is 4.31 Å². The fourth-order valence-electron chi connectivity index (χ4n) is 1.55. The van der Waals surface area contributed by atoms with Crippen LogP contribution in [0.2, 0.25) is 0 Å². The van der Waals surface area contributed by atoms with Crippen LogP contribution in [0.15, 0.2) is 0 Å². The zero-order valence-electron chi connectivity index (χ0n) is 12.5. The predicted octanol–water partition coefficient (Wildman–Crippen LogP) is 2.02. The molecule has 106 valence electrons. The maximum Gasteiger partial charge on any atom is 0.211 e. The van der Waals surface area contributed by atoms with E-state index in [4.69, 9.17) is 0 Å². The summed E-state index contributed by atoms with van der Waals surface area (Å²) >= 11 is 0. The Kier molecular flexibility index (Phi) is 11.1. The first kappa shape index (κ1) is 19.2. The van der Waals surface area contributed by atoms with Crippen LogP contribution in [-0.2, 0) is 10.0 Å². The van der Waals surface area contributed by atoms with Crippen LogP contribution in [0.1, 0.15) is 41.5 Å². The highest BCUT2D eigenvalue weighted by molar-refractivity contribution is 7.88. The lowest BCUT2D eigenvalue weighted by Crippen LogP contribution is -2.50. The first-order chi connectivity index (χ1) is 7.91. The fraction of sp³-hybridized carbons (Fsp3) is 1.00. The zero-order chi connectivity index (χ0) is 14.1. The minimum Gasteiger partial charge on any atom is -0.298 e. The Morgan fingerprint density at radius 2 is 1.24 bits per heavy atom. The molecule has 0 atom stereocenters. The molecule has 0 radical (unpaired) electrons. The van der Waals surface area contributed by atoms with Crippen molar-refractivity contribution in [3.05, 3.63) is 0 Å². The van der Waals surface area contributed by atoms with Gasteiger partial charge in [0.1, 0.15) is 0 Å². The lowest BCUT2D eigenvalue weighted by atomic mass is 10.3. The van der Waals surface area contributed by atoms with Crippen LogP contribution < -0.4 is 0 Å². The average Bonchev–Trinajstić information content (AvgIpc) is 2.33. The van der Waals surface area contributed by atoms with E-state index in [1.54, 1.807) is 4.31 Å². The summed E-state index contributed by atoms with van der Waals surface area (Å²) in [4.78, 5) is 2.29. The summed E-state index contributed by atoms with van der Waals surface area (Å²) in [5.74, 6) is 0. The van der Waals surface area contributed by atoms with Gasteiger partial charge in [0.25, 0.3) is 0 Å². The van der Waals surface area contributed by atoms with Gasteiger partial charge in [0.2, 0.25) is 10.0 Å². The molecule has 1 saturated heterocycles. The highest BCUT2D eigenvalue weighted by Gasteiger charge is 2.24. The summed E-state index contributed by atoms with van der Waals surface area (Å²) in [5.41, 5.74) is 0. The van der Waals surface area contributed by atoms with Crippen molar-refractivity contribution in [2.24, 2.45) is 0 Å². The minimum absolute atomic E-state index is 0.515. The standard InChI is InChI=1S/C8H18N2O2S.2C2H6/c1-8(2)9-4-6-10(7-5-9)13(3,11)12;2*1-2/h8H,4-7H2,1-3H3;2*1-2H3. The van der Waals surface area contributed by atoms with Gasteiger partial charge in [0.05, 0.1) is 6.26 Å². The zero-order valence-corrected chi connectivity index (χ0v) is 13.3. The van der Waals surface area contributed by atoms with Crippen LogP contribution in [0.25, 0.3) is 0 Å². The molecule has 1 aliphatic heterocycles. The molecule has 0 aromatic heterocycles. The largest absolute Gasteiger partial charge is 0.298 e. The molecule has 1 aliphatic rings. The molecule has 17 heavy (non-hydrogen) atoms. The van der Waals surface area contributed by atoms with E-state index in [1.165, 1.54) is 6.26 Å². The Balaban J connectivity index is 0. The van der Waals surface area contributed by atoms with Crippen LogP contribution in [0.4, 0.5) is 0 Å². The second-order valence-corrected chi connectivity index (χ2v) is 5.77. The summed E-state index contributed by atoms with van der Waals surface area (Å²) in [7, 11) is -2.97. The van der Waals surface area contributed by atoms with Crippen LogP contribution in [-0.4, -0.2) is 56.1 Å². The molecule has 0 saturated carbocycles. The Bertz CT molecular complexity index is 256. The van der Waals surface area contributed by atoms with Gasteiger partial charge in [0, 0.05) is 32.2 Å². The summed E-state index contributed by atoms with van der Waals surface area (Å²) < 4.78 is 23.9. The van der Waals surface area contributed by atoms with Crippen molar-refractivity contribution in [3.8, 4) is 0 Å². The fourth-order valence-corrected chi connectivity index (χ4v) is 2.38. The van der Waals surface area contributed by atoms with Crippen LogP contribution in [0, 0.1) is 0 Å². The Hall–Kier alpha value is -0.130. The molecule has 1 heterocycles. The smallest absolute Gasteiger partial charge is 0.211 e. The first-order valence-electron chi connectivity index (χ1n) is 6.60. The van der Waals surface area contributed by atoms with Gasteiger partial charge >= 0.3 is 0 Å². The van der Waals surface area contributed by atoms with Gasteiger partial charge in [-0.15, -0.1) is 0 Å². The topological polar surface area (TPSA) is 40.6 Å². The molecule has 1 rings (SSSR count). The summed E-state index contributed by atoms with van der Waals surface area (Å²) in [6, 6.07) is 0.515. The van der Waals surface area contributed by atoms with Crippen LogP contribution in [0.3, 0.4) is 0 Å². The second kappa shape index (κ2) is 9.85. The molecule has 0 amide bonds. The Morgan fingerprint density at radius 3 is 1.47 bits per heavy atom. The molecule has 0 bridgehead atoms. The minimum atomic E-state index is -2.97. The van der Waals surface area contributed by atoms with E-state index in [9.17, 15) is 8.42 Å². The van der Waals surface area contributed by atoms with Crippen molar-refractivity contribution < 1.29 is 8.42 Å². The van der Waals surface area contributed by atoms with Gasteiger partial charge in [0.15, 0.2) is 0 Å². The van der Waals surface area contributed by atoms with Crippen molar-refractivity contribution in [2.45, 2.75) is 47.6 Å². The third-order valence-electron chi connectivity index (χ3n) is 2.47. The summed E-state index contributed by atoms with van der Waals surface area (Å²) in [5, 5.41) is 0. The molecule has 0 aromatic carbocycles. The first-order valence-corrected chi connectivity index (χ1v) is 8.45. The summed E-state index contributed by atoms with van der Waals surface area (Å²) in [6.45, 7) is 15.2. The van der Waals surface area contributed by atoms with E-state index >= 15 is 0 Å². The van der Waals surface area contributed by atoms with Gasteiger partial charge < -0.3 is 0 Å². The van der Waals surface area contributed by atoms with Crippen molar-refractivity contribution in [1.82, 2.24) is 9.21 Å². The SMILES string of the molecule is CC.CC.CC(C)N1CCN(S(C)(=O)=O)CC1. The molecule has 0 N–H and O–H groups in total. The quantitative estimate of drug-likeness (QED) is 0.768. The highest BCUT2D eigenvalue weighted by Crippen LogP contribution is 2.08. The Labute approximate surface area is 108 Å². The maximum absolute atomic E-state index is 11.2. The molecule has 4 nitrogen and oxygen atoms in total. The molecule has 0 unspecified atom stereocenters. The average molecular weight is 266 g/mol. The Morgan fingerprint density at radius 1 is 0.882 bits per heavy atom. The van der Waals surface area contributed by atoms with Gasteiger partial charge in [-0.25, -0.2) is 8.42 Å². The molecule has 0 aliphatic carbocycles. The number of piperazine rings is 1. The van der Waals surface area contributed by atoms with Crippen molar-refractivity contribution >= 4 is 10.0 Å². The van der Waals surface area contributed by atoms with E-state index in [-0.39, 0.29) is 0 Å². The van der Waals surface area contributed by atoms with E-state index in [0.717, 1.165) is 13.1 Å². The van der Waals surface area contributed by atoms with Crippen molar-refractivity contribution in [2.75, 3.05) is 32.4 Å². The second-order valence-electron chi connectivity index (χ2n) is 3.79. The van der Waals surface area contributed by atoms with Crippen molar-refractivity contribution in [3.63, 3.8) is 0 Å². The van der Waals surface area contributed by atoms with Crippen LogP contribution in [0.5, 0.6) is 0 Å². The number of nitrogens with zero attached hydrogens (tertiary/aromatic N) is 2. The molecular formula is C12H30N2O2S. The highest BCUT2D eigenvalue weighted by atomic mass is 32.2. The monoisotopic (exact) mass is 266 g/mol. The van der Waals surface area contributed by atoms with E-state index in [2.05, 4.69) is 18.7 Å². The number of rotatable bonds is 2. The van der Waals surface area contributed by atoms with E-state index in [0.29, 0.717) is 19.1 Å². The van der Waals surface area contributed by atoms with Gasteiger partial charge in [-0.3, -0.25) is 4.90 Å². The lowest BCUT2D eigenvalue weighted by Gasteiger charge is -2.35. The van der Waals surface area contributed by atoms with Crippen LogP contribution >= 0.6 is 0 Å². The molecule has 5 heteroatoms. The normalized spacial score (nSPS) is 17.9. The van der Waals surface area contributed by atoms with E-state index < -0.39 is 10.0 Å². The number of hydrogen-bond donors (Lipinski definition) is 0. The van der Waals surface area contributed by atoms with Crippen molar-refractivity contribution in [1.29, 1.82) is 0 Å². The van der Waals surface area contributed by atoms with Gasteiger partial charge in [-0.05, 0) is 13.8 Å². The third-order valence-corrected chi connectivity index (χ3v) is 3.78. The van der Waals surface area contributed by atoms with Gasteiger partial charge in [-0.1, -0.05) is 27.7 Å². The molecular weight excluding hydrogens is 236 g/mol. The molecule has 1 fully saturated rings. The molecule has 0 aromatic rings. The van der Waals surface area contributed by atoms with E-state index in [1.807, 2.05) is 27.7 Å². The molecule has 0 spiro atoms.